The van der Waals surface area contributed by atoms with Crippen molar-refractivity contribution in [2.45, 2.75) is 18.6 Å². The van der Waals surface area contributed by atoms with Crippen molar-refractivity contribution in [3.8, 4) is 11.7 Å². The molecular weight excluding hydrogens is 353 g/mol. The molecule has 1 fully saturated rings. The highest BCUT2D eigenvalue weighted by Crippen LogP contribution is 2.34. The van der Waals surface area contributed by atoms with Gasteiger partial charge in [-0.05, 0) is 19.0 Å². The highest BCUT2D eigenvalue weighted by molar-refractivity contribution is 5.95. The van der Waals surface area contributed by atoms with Crippen LogP contribution >= 0.6 is 0 Å². The van der Waals surface area contributed by atoms with Crippen LogP contribution in [0.4, 0.5) is 13.2 Å². The number of alkyl halides is 3. The molecule has 0 spiro atoms. The van der Waals surface area contributed by atoms with Crippen LogP contribution in [0.15, 0.2) is 18.3 Å². The Balaban J connectivity index is 2.00. The van der Waals surface area contributed by atoms with Crippen LogP contribution in [-0.2, 0) is 6.18 Å². The average Bonchev–Trinajstić information content (AvgIpc) is 3.29. The van der Waals surface area contributed by atoms with Crippen molar-refractivity contribution in [3.63, 3.8) is 0 Å². The third kappa shape index (κ3) is 3.34. The van der Waals surface area contributed by atoms with Crippen LogP contribution in [0.5, 0.6) is 5.88 Å². The van der Waals surface area contributed by atoms with Crippen LogP contribution in [0.1, 0.15) is 22.5 Å². The number of amides is 1. The predicted octanol–water partition coefficient (Wildman–Crippen LogP) is 1.12. The molecule has 11 heteroatoms. The van der Waals surface area contributed by atoms with E-state index in [1.165, 1.54) is 31.2 Å². The third-order valence-electron chi connectivity index (χ3n) is 4.22. The quantitative estimate of drug-likeness (QED) is 0.868. The smallest absolute Gasteiger partial charge is 0.434 e. The summed E-state index contributed by atoms with van der Waals surface area (Å²) in [4.78, 5) is 13.9. The van der Waals surface area contributed by atoms with E-state index in [1.54, 1.807) is 0 Å². The van der Waals surface area contributed by atoms with Gasteiger partial charge in [-0.2, -0.15) is 18.3 Å². The molecule has 0 bridgehead atoms. The zero-order valence-electron chi connectivity index (χ0n) is 14.1. The van der Waals surface area contributed by atoms with Crippen LogP contribution in [-0.4, -0.2) is 64.1 Å². The Hall–Kier alpha value is -2.69. The van der Waals surface area contributed by atoms with E-state index in [2.05, 4.69) is 20.6 Å². The molecule has 1 atom stereocenters. The van der Waals surface area contributed by atoms with E-state index in [4.69, 9.17) is 4.74 Å². The zero-order chi connectivity index (χ0) is 18.9. The van der Waals surface area contributed by atoms with Gasteiger partial charge in [-0.3, -0.25) is 4.79 Å². The molecule has 0 saturated carbocycles. The van der Waals surface area contributed by atoms with Crippen LogP contribution < -0.4 is 10.1 Å². The standard InChI is InChI=1S/C15H17F3N6O2/c1-23(9-5-6-19-7-9)14(25)10-8-20-24(13(10)15(16,17)18)11-3-4-12(26-2)22-21-11/h3-4,8-9,19H,5-7H2,1-2H3/t9-/m0/s1. The molecule has 1 N–H and O–H groups in total. The minimum Gasteiger partial charge on any atom is -0.480 e. The maximum absolute atomic E-state index is 13.7. The van der Waals surface area contributed by atoms with Gasteiger partial charge < -0.3 is 15.0 Å². The molecule has 0 aliphatic carbocycles. The Morgan fingerprint density at radius 2 is 2.15 bits per heavy atom. The molecule has 3 rings (SSSR count). The summed E-state index contributed by atoms with van der Waals surface area (Å²) in [5, 5.41) is 14.1. The Labute approximate surface area is 146 Å². The van der Waals surface area contributed by atoms with Gasteiger partial charge in [-0.25, -0.2) is 4.68 Å². The topological polar surface area (TPSA) is 85.2 Å². The minimum atomic E-state index is -4.79. The number of rotatable bonds is 4. The molecular formula is C15H17F3N6O2. The predicted molar refractivity (Wildman–Crippen MR) is 84.1 cm³/mol. The van der Waals surface area contributed by atoms with Crippen molar-refractivity contribution in [1.29, 1.82) is 0 Å². The Morgan fingerprint density at radius 1 is 1.38 bits per heavy atom. The number of nitrogens with zero attached hydrogens (tertiary/aromatic N) is 5. The fourth-order valence-electron chi connectivity index (χ4n) is 2.81. The summed E-state index contributed by atoms with van der Waals surface area (Å²) in [6.45, 7) is 1.26. The fraction of sp³-hybridized carbons (Fsp3) is 0.467. The van der Waals surface area contributed by atoms with Gasteiger partial charge >= 0.3 is 6.18 Å². The highest BCUT2D eigenvalue weighted by Gasteiger charge is 2.42. The molecule has 3 heterocycles. The Morgan fingerprint density at radius 3 is 2.69 bits per heavy atom. The molecule has 2 aromatic rings. The highest BCUT2D eigenvalue weighted by atomic mass is 19.4. The number of ether oxygens (including phenoxy) is 1. The van der Waals surface area contributed by atoms with Crippen LogP contribution in [0.2, 0.25) is 0 Å². The summed E-state index contributed by atoms with van der Waals surface area (Å²) in [7, 11) is 2.86. The second-order valence-electron chi connectivity index (χ2n) is 5.81. The molecule has 1 aliphatic heterocycles. The lowest BCUT2D eigenvalue weighted by atomic mass is 10.1. The largest absolute Gasteiger partial charge is 0.480 e. The zero-order valence-corrected chi connectivity index (χ0v) is 14.1. The number of carbonyl (C=O) groups is 1. The van der Waals surface area contributed by atoms with Crippen molar-refractivity contribution in [1.82, 2.24) is 30.2 Å². The van der Waals surface area contributed by atoms with E-state index >= 15 is 0 Å². The van der Waals surface area contributed by atoms with Gasteiger partial charge in [0.15, 0.2) is 11.5 Å². The van der Waals surface area contributed by atoms with E-state index in [1.807, 2.05) is 0 Å². The first-order valence-electron chi connectivity index (χ1n) is 7.84. The van der Waals surface area contributed by atoms with Crippen LogP contribution in [0.25, 0.3) is 5.82 Å². The number of halogens is 3. The first-order chi connectivity index (χ1) is 12.3. The molecule has 1 saturated heterocycles. The lowest BCUT2D eigenvalue weighted by Gasteiger charge is -2.24. The number of hydrogen-bond acceptors (Lipinski definition) is 6. The molecule has 1 amide bonds. The lowest BCUT2D eigenvalue weighted by molar-refractivity contribution is -0.143. The first kappa shape index (κ1) is 18.1. The maximum atomic E-state index is 13.7. The van der Waals surface area contributed by atoms with E-state index in [0.717, 1.165) is 12.7 Å². The number of likely N-dealkylation sites (N-methyl/N-ethyl adjacent to an activating group) is 1. The van der Waals surface area contributed by atoms with Gasteiger partial charge in [-0.1, -0.05) is 0 Å². The average molecular weight is 370 g/mol. The molecule has 2 aromatic heterocycles. The summed E-state index contributed by atoms with van der Waals surface area (Å²) < 4.78 is 46.4. The molecule has 1 aliphatic rings. The van der Waals surface area contributed by atoms with Crippen LogP contribution in [0, 0.1) is 0 Å². The van der Waals surface area contributed by atoms with Gasteiger partial charge in [0.05, 0.1) is 18.9 Å². The molecule has 0 radical (unpaired) electrons. The van der Waals surface area contributed by atoms with Crippen molar-refractivity contribution < 1.29 is 22.7 Å². The fourth-order valence-corrected chi connectivity index (χ4v) is 2.81. The Kier molecular flexibility index (Phi) is 4.81. The summed E-state index contributed by atoms with van der Waals surface area (Å²) in [5.74, 6) is -0.750. The summed E-state index contributed by atoms with van der Waals surface area (Å²) >= 11 is 0. The SMILES string of the molecule is COc1ccc(-n2ncc(C(=O)N(C)[C@H]3CCNC3)c2C(F)(F)F)nn1. The van der Waals surface area contributed by atoms with E-state index in [-0.39, 0.29) is 17.7 Å². The first-order valence-corrected chi connectivity index (χ1v) is 7.84. The molecule has 26 heavy (non-hydrogen) atoms. The number of hydrogen-bond donors (Lipinski definition) is 1. The molecule has 140 valence electrons. The van der Waals surface area contributed by atoms with Crippen molar-refractivity contribution in [3.05, 3.63) is 29.6 Å². The monoisotopic (exact) mass is 370 g/mol. The number of aromatic nitrogens is 4. The maximum Gasteiger partial charge on any atom is 0.434 e. The van der Waals surface area contributed by atoms with E-state index in [9.17, 15) is 18.0 Å². The molecule has 0 aromatic carbocycles. The summed E-state index contributed by atoms with van der Waals surface area (Å²) in [6, 6.07) is 2.49. The minimum absolute atomic E-state index is 0.152. The second-order valence-corrected chi connectivity index (χ2v) is 5.81. The molecule has 0 unspecified atom stereocenters. The molecule has 8 nitrogen and oxygen atoms in total. The van der Waals surface area contributed by atoms with Gasteiger partial charge in [0, 0.05) is 25.7 Å². The van der Waals surface area contributed by atoms with Gasteiger partial charge in [0.25, 0.3) is 5.91 Å². The summed E-state index contributed by atoms with van der Waals surface area (Å²) in [5.41, 5.74) is -1.70. The third-order valence-corrected chi connectivity index (χ3v) is 4.22. The van der Waals surface area contributed by atoms with Crippen molar-refractivity contribution >= 4 is 5.91 Å². The number of carbonyl (C=O) groups excluding carboxylic acids is 1. The number of methoxy groups -OCH3 is 1. The summed E-state index contributed by atoms with van der Waals surface area (Å²) in [6.07, 6.45) is -3.20. The normalized spacial score (nSPS) is 17.3. The van der Waals surface area contributed by atoms with Gasteiger partial charge in [-0.15, -0.1) is 10.2 Å². The van der Waals surface area contributed by atoms with Gasteiger partial charge in [0.2, 0.25) is 5.88 Å². The van der Waals surface area contributed by atoms with E-state index < -0.39 is 23.3 Å². The van der Waals surface area contributed by atoms with E-state index in [0.29, 0.717) is 17.6 Å². The Bertz CT molecular complexity index is 784. The lowest BCUT2D eigenvalue weighted by Crippen LogP contribution is -2.39. The number of nitrogens with one attached hydrogen (secondary N) is 1. The van der Waals surface area contributed by atoms with Gasteiger partial charge in [0.1, 0.15) is 0 Å². The van der Waals surface area contributed by atoms with Crippen molar-refractivity contribution in [2.24, 2.45) is 0 Å². The van der Waals surface area contributed by atoms with Crippen LogP contribution in [0.3, 0.4) is 0 Å². The van der Waals surface area contributed by atoms with Crippen molar-refractivity contribution in [2.75, 3.05) is 27.2 Å². The second kappa shape index (κ2) is 6.90.